The molecule has 1 aromatic heterocycles. The SMILES string of the molecule is CC(N)(CN)Cc1ccc(S(=O)(=O)N2CCOCC2)cn1. The van der Waals surface area contributed by atoms with E-state index in [1.54, 1.807) is 12.1 Å². The minimum Gasteiger partial charge on any atom is -0.379 e. The van der Waals surface area contributed by atoms with Gasteiger partial charge in [0.25, 0.3) is 0 Å². The van der Waals surface area contributed by atoms with Crippen LogP contribution in [-0.2, 0) is 21.2 Å². The van der Waals surface area contributed by atoms with Crippen LogP contribution in [-0.4, -0.2) is 56.1 Å². The molecule has 1 fully saturated rings. The lowest BCUT2D eigenvalue weighted by Crippen LogP contribution is -2.46. The highest BCUT2D eigenvalue weighted by atomic mass is 32.2. The number of morpholine rings is 1. The molecule has 1 aliphatic heterocycles. The number of rotatable bonds is 5. The third kappa shape index (κ3) is 3.98. The summed E-state index contributed by atoms with van der Waals surface area (Å²) in [6, 6.07) is 3.26. The summed E-state index contributed by atoms with van der Waals surface area (Å²) in [5, 5.41) is 0. The number of nitrogens with zero attached hydrogens (tertiary/aromatic N) is 2. The van der Waals surface area contributed by atoms with Crippen LogP contribution in [0.1, 0.15) is 12.6 Å². The highest BCUT2D eigenvalue weighted by Crippen LogP contribution is 2.17. The van der Waals surface area contributed by atoms with Crippen LogP contribution in [0.25, 0.3) is 0 Å². The lowest BCUT2D eigenvalue weighted by molar-refractivity contribution is 0.0730. The second-order valence-corrected chi connectivity index (χ2v) is 7.47. The number of ether oxygens (including phenoxy) is 1. The summed E-state index contributed by atoms with van der Waals surface area (Å²) in [6.07, 6.45) is 1.88. The first-order chi connectivity index (χ1) is 9.85. The summed E-state index contributed by atoms with van der Waals surface area (Å²) in [6.45, 7) is 3.77. The van der Waals surface area contributed by atoms with Crippen molar-refractivity contribution in [2.75, 3.05) is 32.8 Å². The van der Waals surface area contributed by atoms with Gasteiger partial charge in [-0.25, -0.2) is 8.42 Å². The summed E-state index contributed by atoms with van der Waals surface area (Å²) in [4.78, 5) is 4.39. The van der Waals surface area contributed by atoms with Crippen molar-refractivity contribution >= 4 is 10.0 Å². The number of hydrogen-bond donors (Lipinski definition) is 2. The van der Waals surface area contributed by atoms with Crippen LogP contribution in [0, 0.1) is 0 Å². The largest absolute Gasteiger partial charge is 0.379 e. The molecule has 0 bridgehead atoms. The highest BCUT2D eigenvalue weighted by molar-refractivity contribution is 7.89. The highest BCUT2D eigenvalue weighted by Gasteiger charge is 2.26. The molecule has 1 atom stereocenters. The van der Waals surface area contributed by atoms with Gasteiger partial charge in [0.2, 0.25) is 10.0 Å². The molecule has 8 heteroatoms. The van der Waals surface area contributed by atoms with E-state index < -0.39 is 15.6 Å². The zero-order chi connectivity index (χ0) is 15.5. The van der Waals surface area contributed by atoms with Gasteiger partial charge >= 0.3 is 0 Å². The van der Waals surface area contributed by atoms with Crippen molar-refractivity contribution in [3.05, 3.63) is 24.0 Å². The van der Waals surface area contributed by atoms with Gasteiger partial charge in [-0.05, 0) is 19.1 Å². The molecule has 0 aromatic carbocycles. The lowest BCUT2D eigenvalue weighted by atomic mass is 9.97. The minimum atomic E-state index is -3.49. The Hall–Kier alpha value is -1.06. The van der Waals surface area contributed by atoms with Gasteiger partial charge in [0.05, 0.1) is 13.2 Å². The fourth-order valence-corrected chi connectivity index (χ4v) is 3.44. The molecule has 7 nitrogen and oxygen atoms in total. The van der Waals surface area contributed by atoms with Gasteiger partial charge in [0.1, 0.15) is 4.90 Å². The zero-order valence-corrected chi connectivity index (χ0v) is 13.0. The van der Waals surface area contributed by atoms with Crippen molar-refractivity contribution in [3.63, 3.8) is 0 Å². The van der Waals surface area contributed by atoms with Crippen LogP contribution >= 0.6 is 0 Å². The summed E-state index contributed by atoms with van der Waals surface area (Å²) >= 11 is 0. The molecular weight excluding hydrogens is 292 g/mol. The van der Waals surface area contributed by atoms with Crippen molar-refractivity contribution in [2.45, 2.75) is 23.8 Å². The van der Waals surface area contributed by atoms with Crippen molar-refractivity contribution in [1.29, 1.82) is 0 Å². The Kier molecular flexibility index (Phi) is 4.95. The monoisotopic (exact) mass is 314 g/mol. The molecule has 0 spiro atoms. The van der Waals surface area contributed by atoms with Gasteiger partial charge in [0.15, 0.2) is 0 Å². The Morgan fingerprint density at radius 1 is 1.38 bits per heavy atom. The quantitative estimate of drug-likeness (QED) is 0.745. The first-order valence-corrected chi connectivity index (χ1v) is 8.31. The Morgan fingerprint density at radius 2 is 2.05 bits per heavy atom. The smallest absolute Gasteiger partial charge is 0.244 e. The van der Waals surface area contributed by atoms with E-state index in [-0.39, 0.29) is 4.90 Å². The van der Waals surface area contributed by atoms with Crippen LogP contribution in [0.2, 0.25) is 0 Å². The predicted octanol–water partition coefficient (Wildman–Crippen LogP) is -0.679. The molecule has 21 heavy (non-hydrogen) atoms. The molecule has 1 saturated heterocycles. The van der Waals surface area contributed by atoms with Crippen LogP contribution in [0.15, 0.2) is 23.2 Å². The third-order valence-corrected chi connectivity index (χ3v) is 5.34. The van der Waals surface area contributed by atoms with E-state index in [4.69, 9.17) is 16.2 Å². The maximum absolute atomic E-state index is 12.4. The van der Waals surface area contributed by atoms with Crippen LogP contribution < -0.4 is 11.5 Å². The van der Waals surface area contributed by atoms with Gasteiger partial charge in [-0.1, -0.05) is 0 Å². The van der Waals surface area contributed by atoms with Gasteiger partial charge < -0.3 is 16.2 Å². The second kappa shape index (κ2) is 6.37. The van der Waals surface area contributed by atoms with Gasteiger partial charge in [-0.3, -0.25) is 4.98 Å². The summed E-state index contributed by atoms with van der Waals surface area (Å²) in [7, 11) is -3.49. The first kappa shape index (κ1) is 16.3. The Balaban J connectivity index is 2.14. The van der Waals surface area contributed by atoms with Crippen molar-refractivity contribution in [2.24, 2.45) is 11.5 Å². The van der Waals surface area contributed by atoms with E-state index in [9.17, 15) is 8.42 Å². The van der Waals surface area contributed by atoms with E-state index in [1.165, 1.54) is 10.5 Å². The van der Waals surface area contributed by atoms with Crippen LogP contribution in [0.3, 0.4) is 0 Å². The second-order valence-electron chi connectivity index (χ2n) is 5.54. The molecule has 1 aromatic rings. The van der Waals surface area contributed by atoms with Crippen LogP contribution in [0.5, 0.6) is 0 Å². The number of sulfonamides is 1. The van der Waals surface area contributed by atoms with Gasteiger partial charge in [-0.15, -0.1) is 0 Å². The van der Waals surface area contributed by atoms with Crippen molar-refractivity contribution in [3.8, 4) is 0 Å². The van der Waals surface area contributed by atoms with Gasteiger partial charge in [-0.2, -0.15) is 4.31 Å². The molecule has 2 rings (SSSR count). The fourth-order valence-electron chi connectivity index (χ4n) is 2.09. The van der Waals surface area contributed by atoms with E-state index in [0.29, 0.717) is 39.3 Å². The van der Waals surface area contributed by atoms with Crippen LogP contribution in [0.4, 0.5) is 0 Å². The molecule has 0 radical (unpaired) electrons. The number of hydrogen-bond acceptors (Lipinski definition) is 6. The summed E-state index contributed by atoms with van der Waals surface area (Å²) < 4.78 is 31.4. The van der Waals surface area contributed by atoms with E-state index in [2.05, 4.69) is 4.98 Å². The molecule has 0 aliphatic carbocycles. The molecular formula is C13H22N4O3S. The topological polar surface area (TPSA) is 112 Å². The maximum atomic E-state index is 12.4. The average Bonchev–Trinajstić information content (AvgIpc) is 2.48. The number of pyridine rings is 1. The molecule has 0 amide bonds. The molecule has 2 heterocycles. The molecule has 0 saturated carbocycles. The minimum absolute atomic E-state index is 0.194. The van der Waals surface area contributed by atoms with E-state index in [0.717, 1.165) is 5.69 Å². The molecule has 1 unspecified atom stereocenters. The summed E-state index contributed by atoms with van der Waals surface area (Å²) in [5.74, 6) is 0. The van der Waals surface area contributed by atoms with E-state index in [1.807, 2.05) is 6.92 Å². The molecule has 118 valence electrons. The molecule has 1 aliphatic rings. The lowest BCUT2D eigenvalue weighted by Gasteiger charge is -2.26. The predicted molar refractivity (Wildman–Crippen MR) is 79.2 cm³/mol. The Morgan fingerprint density at radius 3 is 2.57 bits per heavy atom. The third-order valence-electron chi connectivity index (χ3n) is 3.46. The molecule has 4 N–H and O–H groups in total. The van der Waals surface area contributed by atoms with Crippen molar-refractivity contribution < 1.29 is 13.2 Å². The normalized spacial score (nSPS) is 20.1. The Bertz CT molecular complexity index is 566. The average molecular weight is 314 g/mol. The summed E-state index contributed by atoms with van der Waals surface area (Å²) in [5.41, 5.74) is 11.8. The fraction of sp³-hybridized carbons (Fsp3) is 0.615. The van der Waals surface area contributed by atoms with Gasteiger partial charge in [0, 0.05) is 43.5 Å². The van der Waals surface area contributed by atoms with Crippen molar-refractivity contribution in [1.82, 2.24) is 9.29 Å². The first-order valence-electron chi connectivity index (χ1n) is 6.87. The number of aromatic nitrogens is 1. The Labute approximate surface area is 125 Å². The standard InChI is InChI=1S/C13H22N4O3S/c1-13(15,10-14)8-11-2-3-12(9-16-11)21(18,19)17-4-6-20-7-5-17/h2-3,9H,4-8,10,14-15H2,1H3. The number of nitrogens with two attached hydrogens (primary N) is 2. The zero-order valence-electron chi connectivity index (χ0n) is 12.2. The van der Waals surface area contributed by atoms with E-state index >= 15 is 0 Å². The maximum Gasteiger partial charge on any atom is 0.244 e.